The number of nitrogens with zero attached hydrogens (tertiary/aromatic N) is 1. The summed E-state index contributed by atoms with van der Waals surface area (Å²) in [6, 6.07) is 10.4. The van der Waals surface area contributed by atoms with E-state index >= 15 is 0 Å². The molecular formula is C20H25NO. The van der Waals surface area contributed by atoms with Gasteiger partial charge in [0.25, 0.3) is 0 Å². The first-order valence-electron chi connectivity index (χ1n) is 8.52. The third kappa shape index (κ3) is 3.42. The molecule has 0 N–H and O–H groups in total. The second-order valence-corrected chi connectivity index (χ2v) is 6.82. The minimum Gasteiger partial charge on any atom is -0.374 e. The number of hydrogen-bond donors (Lipinski definition) is 0. The molecule has 0 heterocycles. The van der Waals surface area contributed by atoms with Gasteiger partial charge in [-0.15, -0.1) is 6.58 Å². The summed E-state index contributed by atoms with van der Waals surface area (Å²) in [5.41, 5.74) is 2.18. The zero-order chi connectivity index (χ0) is 15.4. The van der Waals surface area contributed by atoms with Crippen molar-refractivity contribution in [1.82, 2.24) is 0 Å². The van der Waals surface area contributed by atoms with Crippen LogP contribution in [0.5, 0.6) is 0 Å². The summed E-state index contributed by atoms with van der Waals surface area (Å²) in [6.07, 6.45) is 9.96. The molecule has 2 aliphatic carbocycles. The van der Waals surface area contributed by atoms with Crippen LogP contribution in [0.15, 0.2) is 36.9 Å². The topological polar surface area (TPSA) is 33.0 Å². The number of benzene rings is 1. The van der Waals surface area contributed by atoms with Crippen LogP contribution in [0.2, 0.25) is 0 Å². The van der Waals surface area contributed by atoms with Gasteiger partial charge < -0.3 is 4.74 Å². The van der Waals surface area contributed by atoms with Crippen LogP contribution in [0.25, 0.3) is 0 Å². The average molecular weight is 295 g/mol. The van der Waals surface area contributed by atoms with E-state index in [9.17, 15) is 0 Å². The molecule has 4 unspecified atom stereocenters. The van der Waals surface area contributed by atoms with E-state index < -0.39 is 0 Å². The third-order valence-corrected chi connectivity index (χ3v) is 5.53. The quantitative estimate of drug-likeness (QED) is 0.746. The normalized spacial score (nSPS) is 31.0. The van der Waals surface area contributed by atoms with E-state index in [0.717, 1.165) is 17.4 Å². The van der Waals surface area contributed by atoms with E-state index in [2.05, 4.69) is 24.8 Å². The molecule has 1 aromatic carbocycles. The highest BCUT2D eigenvalue weighted by Crippen LogP contribution is 2.46. The van der Waals surface area contributed by atoms with Crippen molar-refractivity contribution in [2.75, 3.05) is 6.61 Å². The van der Waals surface area contributed by atoms with Crippen LogP contribution < -0.4 is 0 Å². The van der Waals surface area contributed by atoms with Crippen LogP contribution >= 0.6 is 0 Å². The van der Waals surface area contributed by atoms with E-state index in [0.29, 0.717) is 18.6 Å². The van der Waals surface area contributed by atoms with Gasteiger partial charge >= 0.3 is 0 Å². The van der Waals surface area contributed by atoms with Crippen molar-refractivity contribution in [3.63, 3.8) is 0 Å². The minimum absolute atomic E-state index is 0.450. The Morgan fingerprint density at radius 3 is 2.55 bits per heavy atom. The van der Waals surface area contributed by atoms with Gasteiger partial charge in [-0.2, -0.15) is 5.26 Å². The van der Waals surface area contributed by atoms with Crippen LogP contribution in [0, 0.1) is 23.2 Å². The van der Waals surface area contributed by atoms with Gasteiger partial charge in [0.15, 0.2) is 0 Å². The molecule has 0 saturated heterocycles. The zero-order valence-electron chi connectivity index (χ0n) is 13.2. The second-order valence-electron chi connectivity index (χ2n) is 6.82. The summed E-state index contributed by atoms with van der Waals surface area (Å²) in [7, 11) is 0. The summed E-state index contributed by atoms with van der Waals surface area (Å²) in [5.74, 6) is 2.39. The molecule has 0 aromatic heterocycles. The lowest BCUT2D eigenvalue weighted by molar-refractivity contribution is -0.00310. The summed E-state index contributed by atoms with van der Waals surface area (Å²) in [4.78, 5) is 0. The fourth-order valence-corrected chi connectivity index (χ4v) is 4.33. The molecular weight excluding hydrogens is 270 g/mol. The molecule has 2 heteroatoms. The van der Waals surface area contributed by atoms with Gasteiger partial charge in [-0.1, -0.05) is 18.2 Å². The average Bonchev–Trinajstić information content (AvgIpc) is 2.59. The lowest BCUT2D eigenvalue weighted by atomic mass is 9.65. The number of fused-ring (bicyclic) bond motifs is 1. The summed E-state index contributed by atoms with van der Waals surface area (Å²) >= 11 is 0. The first-order chi connectivity index (χ1) is 10.8. The Balaban J connectivity index is 1.58. The number of rotatable bonds is 4. The van der Waals surface area contributed by atoms with Crippen LogP contribution in [0.1, 0.15) is 55.6 Å². The number of hydrogen-bond acceptors (Lipinski definition) is 2. The van der Waals surface area contributed by atoms with E-state index in [1.165, 1.54) is 44.1 Å². The summed E-state index contributed by atoms with van der Waals surface area (Å²) in [5, 5.41) is 8.91. The fraction of sp³-hybridized carbons (Fsp3) is 0.550. The highest BCUT2D eigenvalue weighted by atomic mass is 16.5. The van der Waals surface area contributed by atoms with Gasteiger partial charge in [0.2, 0.25) is 0 Å². The van der Waals surface area contributed by atoms with Gasteiger partial charge in [-0.05, 0) is 74.0 Å². The van der Waals surface area contributed by atoms with Crippen molar-refractivity contribution >= 4 is 0 Å². The molecule has 1 aromatic rings. The maximum atomic E-state index is 8.91. The maximum Gasteiger partial charge on any atom is 0.0991 e. The Morgan fingerprint density at radius 1 is 1.09 bits per heavy atom. The standard InChI is InChI=1S/C20H25NO/c1-2-11-22-20-10-9-18-12-17(7-8-19(18)13-20)16-5-3-15(14-21)4-6-16/h2-6,17-20H,1,7-13H2. The first kappa shape index (κ1) is 15.3. The molecule has 2 nitrogen and oxygen atoms in total. The van der Waals surface area contributed by atoms with Crippen LogP contribution in [-0.2, 0) is 4.74 Å². The van der Waals surface area contributed by atoms with E-state index in [1.807, 2.05) is 18.2 Å². The smallest absolute Gasteiger partial charge is 0.0991 e. The van der Waals surface area contributed by atoms with Crippen molar-refractivity contribution in [3.05, 3.63) is 48.0 Å². The van der Waals surface area contributed by atoms with Crippen LogP contribution in [-0.4, -0.2) is 12.7 Å². The number of nitriles is 1. The highest BCUT2D eigenvalue weighted by Gasteiger charge is 2.36. The molecule has 0 aliphatic heterocycles. The third-order valence-electron chi connectivity index (χ3n) is 5.53. The molecule has 4 atom stereocenters. The lowest BCUT2D eigenvalue weighted by Gasteiger charge is -2.42. The van der Waals surface area contributed by atoms with E-state index in [4.69, 9.17) is 10.00 Å². The Bertz CT molecular complexity index is 542. The van der Waals surface area contributed by atoms with Gasteiger partial charge in [0.1, 0.15) is 0 Å². The molecule has 2 fully saturated rings. The Hall–Kier alpha value is -1.59. The van der Waals surface area contributed by atoms with E-state index in [-0.39, 0.29) is 0 Å². The predicted octanol–water partition coefficient (Wildman–Crippen LogP) is 4.81. The van der Waals surface area contributed by atoms with Gasteiger partial charge in [-0.25, -0.2) is 0 Å². The molecule has 0 amide bonds. The highest BCUT2D eigenvalue weighted by molar-refractivity contribution is 5.33. The SMILES string of the molecule is C=CCOC1CCC2CC(c3ccc(C#N)cc3)CCC2C1. The van der Waals surface area contributed by atoms with Crippen molar-refractivity contribution in [2.24, 2.45) is 11.8 Å². The largest absolute Gasteiger partial charge is 0.374 e. The molecule has 2 saturated carbocycles. The molecule has 116 valence electrons. The van der Waals surface area contributed by atoms with Crippen molar-refractivity contribution < 1.29 is 4.74 Å². The Morgan fingerprint density at radius 2 is 1.82 bits per heavy atom. The van der Waals surface area contributed by atoms with Crippen molar-refractivity contribution in [3.8, 4) is 6.07 Å². The fourth-order valence-electron chi connectivity index (χ4n) is 4.33. The Kier molecular flexibility index (Phi) is 4.95. The van der Waals surface area contributed by atoms with Crippen LogP contribution in [0.3, 0.4) is 0 Å². The zero-order valence-corrected chi connectivity index (χ0v) is 13.2. The monoisotopic (exact) mass is 295 g/mol. The molecule has 0 spiro atoms. The summed E-state index contributed by atoms with van der Waals surface area (Å²) < 4.78 is 5.87. The van der Waals surface area contributed by atoms with Gasteiger partial charge in [0, 0.05) is 0 Å². The number of ether oxygens (including phenoxy) is 1. The Labute approximate surface area is 133 Å². The second kappa shape index (κ2) is 7.11. The van der Waals surface area contributed by atoms with Gasteiger partial charge in [0.05, 0.1) is 24.3 Å². The minimum atomic E-state index is 0.450. The van der Waals surface area contributed by atoms with Crippen molar-refractivity contribution in [1.29, 1.82) is 5.26 Å². The molecule has 0 radical (unpaired) electrons. The molecule has 3 rings (SSSR count). The molecule has 2 aliphatic rings. The summed E-state index contributed by atoms with van der Waals surface area (Å²) in [6.45, 7) is 4.43. The molecule has 0 bridgehead atoms. The lowest BCUT2D eigenvalue weighted by Crippen LogP contribution is -2.33. The van der Waals surface area contributed by atoms with Gasteiger partial charge in [-0.3, -0.25) is 0 Å². The first-order valence-corrected chi connectivity index (χ1v) is 8.52. The maximum absolute atomic E-state index is 8.91. The van der Waals surface area contributed by atoms with Crippen LogP contribution in [0.4, 0.5) is 0 Å². The van der Waals surface area contributed by atoms with Crippen molar-refractivity contribution in [2.45, 2.75) is 50.5 Å². The predicted molar refractivity (Wildman–Crippen MR) is 88.5 cm³/mol. The van der Waals surface area contributed by atoms with E-state index in [1.54, 1.807) is 0 Å². The molecule has 22 heavy (non-hydrogen) atoms.